The van der Waals surface area contributed by atoms with E-state index in [1.54, 1.807) is 11.3 Å². The van der Waals surface area contributed by atoms with E-state index in [2.05, 4.69) is 12.2 Å². The van der Waals surface area contributed by atoms with Crippen molar-refractivity contribution in [3.8, 4) is 0 Å². The van der Waals surface area contributed by atoms with Gasteiger partial charge in [-0.25, -0.2) is 0 Å². The van der Waals surface area contributed by atoms with Gasteiger partial charge >= 0.3 is 0 Å². The van der Waals surface area contributed by atoms with E-state index >= 15 is 0 Å². The molecule has 1 unspecified atom stereocenters. The Labute approximate surface area is 124 Å². The van der Waals surface area contributed by atoms with Crippen LogP contribution in [-0.4, -0.2) is 10.9 Å². The Morgan fingerprint density at radius 1 is 1.47 bits per heavy atom. The first-order valence-electron chi connectivity index (χ1n) is 6.66. The minimum atomic E-state index is -0.722. The number of carbonyl (C=O) groups is 1. The molecule has 1 rings (SSSR count). The van der Waals surface area contributed by atoms with Crippen LogP contribution in [0.4, 0.5) is 0 Å². The molecule has 1 atom stereocenters. The lowest BCUT2D eigenvalue weighted by molar-refractivity contribution is -0.128. The first-order valence-corrected chi connectivity index (χ1v) is 7.94. The SMILES string of the molecule is CCC(NC(=O)C(CC)(CC)C(N)=S)c1cccs1. The van der Waals surface area contributed by atoms with E-state index in [9.17, 15) is 4.79 Å². The van der Waals surface area contributed by atoms with Gasteiger partial charge in [0.2, 0.25) is 5.91 Å². The van der Waals surface area contributed by atoms with Crippen LogP contribution >= 0.6 is 23.6 Å². The van der Waals surface area contributed by atoms with E-state index in [0.717, 1.165) is 6.42 Å². The van der Waals surface area contributed by atoms with Crippen LogP contribution < -0.4 is 11.1 Å². The van der Waals surface area contributed by atoms with E-state index in [4.69, 9.17) is 18.0 Å². The lowest BCUT2D eigenvalue weighted by Gasteiger charge is -2.31. The maximum absolute atomic E-state index is 12.6. The Kier molecular flexibility index (Phi) is 5.94. The summed E-state index contributed by atoms with van der Waals surface area (Å²) >= 11 is 6.77. The fourth-order valence-electron chi connectivity index (χ4n) is 2.19. The number of amides is 1. The van der Waals surface area contributed by atoms with E-state index < -0.39 is 5.41 Å². The number of thiocarbonyl (C=S) groups is 1. The molecule has 0 bridgehead atoms. The van der Waals surface area contributed by atoms with Crippen LogP contribution in [0.25, 0.3) is 0 Å². The zero-order valence-electron chi connectivity index (χ0n) is 11.7. The summed E-state index contributed by atoms with van der Waals surface area (Å²) in [6.45, 7) is 5.97. The third-order valence-electron chi connectivity index (χ3n) is 3.71. The third-order valence-corrected chi connectivity index (χ3v) is 5.09. The van der Waals surface area contributed by atoms with Gasteiger partial charge in [0, 0.05) is 4.88 Å². The van der Waals surface area contributed by atoms with Gasteiger partial charge in [0.25, 0.3) is 0 Å². The number of nitrogens with two attached hydrogens (primary N) is 1. The van der Waals surface area contributed by atoms with Gasteiger partial charge in [0.05, 0.1) is 16.4 Å². The molecule has 0 saturated carbocycles. The second-order valence-electron chi connectivity index (χ2n) is 4.60. The molecule has 106 valence electrons. The molecule has 0 fully saturated rings. The average molecular weight is 298 g/mol. The van der Waals surface area contributed by atoms with E-state index in [0.29, 0.717) is 12.8 Å². The zero-order chi connectivity index (χ0) is 14.5. The minimum absolute atomic E-state index is 0.0410. The summed E-state index contributed by atoms with van der Waals surface area (Å²) in [6.07, 6.45) is 2.12. The maximum atomic E-state index is 12.6. The van der Waals surface area contributed by atoms with E-state index in [-0.39, 0.29) is 16.9 Å². The molecule has 0 aliphatic carbocycles. The lowest BCUT2D eigenvalue weighted by Crippen LogP contribution is -2.49. The molecule has 1 aromatic heterocycles. The molecule has 3 N–H and O–H groups in total. The Morgan fingerprint density at radius 2 is 2.11 bits per heavy atom. The van der Waals surface area contributed by atoms with Crippen molar-refractivity contribution in [2.75, 3.05) is 0 Å². The van der Waals surface area contributed by atoms with Crippen molar-refractivity contribution in [1.29, 1.82) is 0 Å². The van der Waals surface area contributed by atoms with Crippen LogP contribution in [-0.2, 0) is 4.79 Å². The van der Waals surface area contributed by atoms with Crippen molar-refractivity contribution < 1.29 is 4.79 Å². The fraction of sp³-hybridized carbons (Fsp3) is 0.571. The number of rotatable bonds is 7. The van der Waals surface area contributed by atoms with Gasteiger partial charge in [-0.1, -0.05) is 39.1 Å². The smallest absolute Gasteiger partial charge is 0.233 e. The van der Waals surface area contributed by atoms with Crippen LogP contribution in [0.1, 0.15) is 51.0 Å². The Balaban J connectivity index is 2.90. The summed E-state index contributed by atoms with van der Waals surface area (Å²) in [5.41, 5.74) is 5.08. The van der Waals surface area contributed by atoms with Crippen molar-refractivity contribution in [1.82, 2.24) is 5.32 Å². The van der Waals surface area contributed by atoms with Crippen LogP contribution in [0.15, 0.2) is 17.5 Å². The first-order chi connectivity index (χ1) is 9.01. The second kappa shape index (κ2) is 7.01. The van der Waals surface area contributed by atoms with Gasteiger partial charge in [-0.2, -0.15) is 0 Å². The molecule has 1 aromatic rings. The van der Waals surface area contributed by atoms with Crippen molar-refractivity contribution in [3.63, 3.8) is 0 Å². The summed E-state index contributed by atoms with van der Waals surface area (Å²) in [6, 6.07) is 4.08. The molecule has 1 amide bonds. The van der Waals surface area contributed by atoms with Gasteiger partial charge in [-0.15, -0.1) is 11.3 Å². The highest BCUT2D eigenvalue weighted by Crippen LogP contribution is 2.30. The Morgan fingerprint density at radius 3 is 2.47 bits per heavy atom. The molecule has 0 spiro atoms. The standard InChI is InChI=1S/C14H22N2OS2/c1-4-10(11-8-7-9-19-11)16-13(17)14(5-2,6-3)12(15)18/h7-10H,4-6H2,1-3H3,(H2,15,18)(H,16,17). The van der Waals surface area contributed by atoms with Gasteiger partial charge in [-0.3, -0.25) is 4.79 Å². The molecule has 0 radical (unpaired) electrons. The number of thiophene rings is 1. The van der Waals surface area contributed by atoms with Crippen molar-refractivity contribution in [3.05, 3.63) is 22.4 Å². The summed E-state index contributed by atoms with van der Waals surface area (Å²) in [7, 11) is 0. The minimum Gasteiger partial charge on any atom is -0.392 e. The molecule has 0 aromatic carbocycles. The molecule has 3 nitrogen and oxygen atoms in total. The average Bonchev–Trinajstić information content (AvgIpc) is 2.91. The molecule has 5 heteroatoms. The molecule has 0 aliphatic heterocycles. The fourth-order valence-corrected chi connectivity index (χ4v) is 3.43. The van der Waals surface area contributed by atoms with E-state index in [1.165, 1.54) is 4.88 Å². The third kappa shape index (κ3) is 3.34. The summed E-state index contributed by atoms with van der Waals surface area (Å²) in [5.74, 6) is -0.0507. The number of hydrogen-bond donors (Lipinski definition) is 2. The summed E-state index contributed by atoms with van der Waals surface area (Å²) < 4.78 is 0. The van der Waals surface area contributed by atoms with Crippen LogP contribution in [0.3, 0.4) is 0 Å². The van der Waals surface area contributed by atoms with Crippen molar-refractivity contribution in [2.45, 2.75) is 46.1 Å². The topological polar surface area (TPSA) is 55.1 Å². The normalized spacial score (nSPS) is 13.0. The number of carbonyl (C=O) groups excluding carboxylic acids is 1. The maximum Gasteiger partial charge on any atom is 0.233 e. The highest BCUT2D eigenvalue weighted by atomic mass is 32.1. The van der Waals surface area contributed by atoms with Crippen molar-refractivity contribution in [2.24, 2.45) is 11.1 Å². The predicted octanol–water partition coefficient (Wildman–Crippen LogP) is 3.41. The van der Waals surface area contributed by atoms with Crippen molar-refractivity contribution >= 4 is 34.5 Å². The second-order valence-corrected chi connectivity index (χ2v) is 6.02. The molecule has 19 heavy (non-hydrogen) atoms. The Bertz CT molecular complexity index is 425. The van der Waals surface area contributed by atoms with Crippen LogP contribution in [0.5, 0.6) is 0 Å². The quantitative estimate of drug-likeness (QED) is 0.759. The van der Waals surface area contributed by atoms with Gasteiger partial charge < -0.3 is 11.1 Å². The molecular weight excluding hydrogens is 276 g/mol. The molecule has 0 saturated heterocycles. The first kappa shape index (κ1) is 16.1. The van der Waals surface area contributed by atoms with Gasteiger partial charge in [-0.05, 0) is 30.7 Å². The number of hydrogen-bond acceptors (Lipinski definition) is 3. The van der Waals surface area contributed by atoms with E-state index in [1.807, 2.05) is 31.4 Å². The van der Waals surface area contributed by atoms with Gasteiger partial charge in [0.15, 0.2) is 0 Å². The molecular formula is C14H22N2OS2. The highest BCUT2D eigenvalue weighted by Gasteiger charge is 2.38. The molecule has 1 heterocycles. The summed E-state index contributed by atoms with van der Waals surface area (Å²) in [5, 5.41) is 5.12. The molecule has 0 aliphatic rings. The monoisotopic (exact) mass is 298 g/mol. The largest absolute Gasteiger partial charge is 0.392 e. The predicted molar refractivity (Wildman–Crippen MR) is 85.3 cm³/mol. The Hall–Kier alpha value is -0.940. The number of nitrogens with one attached hydrogen (secondary N) is 1. The van der Waals surface area contributed by atoms with Gasteiger partial charge in [0.1, 0.15) is 0 Å². The van der Waals surface area contributed by atoms with Crippen LogP contribution in [0.2, 0.25) is 0 Å². The highest BCUT2D eigenvalue weighted by molar-refractivity contribution is 7.80. The zero-order valence-corrected chi connectivity index (χ0v) is 13.4. The lowest BCUT2D eigenvalue weighted by atomic mass is 9.81. The summed E-state index contributed by atoms with van der Waals surface area (Å²) in [4.78, 5) is 14.0. The van der Waals surface area contributed by atoms with Crippen LogP contribution in [0, 0.1) is 5.41 Å².